The Kier molecular flexibility index (Phi) is 5.78. The van der Waals surface area contributed by atoms with Gasteiger partial charge in [0.2, 0.25) is 6.10 Å². The molecule has 0 aliphatic rings. The van der Waals surface area contributed by atoms with Crippen molar-refractivity contribution in [1.29, 1.82) is 0 Å². The van der Waals surface area contributed by atoms with E-state index in [4.69, 9.17) is 9.84 Å². The van der Waals surface area contributed by atoms with Gasteiger partial charge >= 0.3 is 18.2 Å². The molecule has 0 aliphatic heterocycles. The molecule has 1 unspecified atom stereocenters. The number of carbonyl (C=O) groups excluding carboxylic acids is 1. The molecule has 0 saturated heterocycles. The van der Waals surface area contributed by atoms with E-state index in [1.54, 1.807) is 13.8 Å². The number of amides is 1. The van der Waals surface area contributed by atoms with E-state index in [-0.39, 0.29) is 18.0 Å². The van der Waals surface area contributed by atoms with Crippen LogP contribution in [-0.4, -0.2) is 23.3 Å². The maximum atomic E-state index is 12.4. The van der Waals surface area contributed by atoms with E-state index in [0.717, 1.165) is 24.3 Å². The molecule has 0 radical (unpaired) electrons. The molecule has 0 heterocycles. The van der Waals surface area contributed by atoms with E-state index in [2.05, 4.69) is 5.32 Å². The number of halogens is 3. The summed E-state index contributed by atoms with van der Waals surface area (Å²) in [6.07, 6.45) is -6.68. The monoisotopic (exact) mass is 319 g/mol. The van der Waals surface area contributed by atoms with Gasteiger partial charge in [-0.3, -0.25) is 5.32 Å². The third-order valence-electron chi connectivity index (χ3n) is 2.67. The molecule has 1 aromatic carbocycles. The van der Waals surface area contributed by atoms with Crippen molar-refractivity contribution < 1.29 is 32.6 Å². The van der Waals surface area contributed by atoms with Crippen LogP contribution in [0.15, 0.2) is 24.3 Å². The zero-order valence-electron chi connectivity index (χ0n) is 12.0. The summed E-state index contributed by atoms with van der Waals surface area (Å²) in [7, 11) is 0. The molecule has 1 rings (SSSR count). The molecule has 0 aromatic heterocycles. The highest BCUT2D eigenvalue weighted by Gasteiger charge is 2.30. The van der Waals surface area contributed by atoms with Crippen molar-refractivity contribution in [2.45, 2.75) is 32.5 Å². The van der Waals surface area contributed by atoms with Crippen molar-refractivity contribution in [2.75, 3.05) is 5.32 Å². The lowest BCUT2D eigenvalue weighted by Gasteiger charge is -2.16. The molecule has 1 atom stereocenters. The molecular weight excluding hydrogens is 303 g/mol. The van der Waals surface area contributed by atoms with Crippen LogP contribution in [0.1, 0.15) is 25.8 Å². The third-order valence-corrected chi connectivity index (χ3v) is 2.67. The van der Waals surface area contributed by atoms with Crippen molar-refractivity contribution >= 4 is 17.7 Å². The molecular formula is C14H16F3NO4. The van der Waals surface area contributed by atoms with Crippen LogP contribution in [-0.2, 0) is 15.7 Å². The highest BCUT2D eigenvalue weighted by molar-refractivity contribution is 5.86. The number of anilines is 1. The quantitative estimate of drug-likeness (QED) is 0.866. The first-order chi connectivity index (χ1) is 10.1. The minimum atomic E-state index is -4.47. The minimum Gasteiger partial charge on any atom is -0.479 e. The van der Waals surface area contributed by atoms with Crippen LogP contribution in [0.25, 0.3) is 0 Å². The lowest BCUT2D eigenvalue weighted by Crippen LogP contribution is -2.30. The molecule has 1 aromatic rings. The second-order valence-electron chi connectivity index (χ2n) is 5.06. The molecule has 5 nitrogen and oxygen atoms in total. The van der Waals surface area contributed by atoms with Crippen molar-refractivity contribution in [3.05, 3.63) is 29.8 Å². The van der Waals surface area contributed by atoms with Crippen LogP contribution in [0.5, 0.6) is 0 Å². The maximum absolute atomic E-state index is 12.4. The van der Waals surface area contributed by atoms with E-state index in [0.29, 0.717) is 0 Å². The van der Waals surface area contributed by atoms with Gasteiger partial charge < -0.3 is 9.84 Å². The Labute approximate surface area is 125 Å². The van der Waals surface area contributed by atoms with Crippen LogP contribution in [0.2, 0.25) is 0 Å². The predicted molar refractivity (Wildman–Crippen MR) is 72.4 cm³/mol. The molecule has 1 amide bonds. The molecule has 0 saturated carbocycles. The Morgan fingerprint density at radius 3 is 2.18 bits per heavy atom. The van der Waals surface area contributed by atoms with Gasteiger partial charge in [-0.1, -0.05) is 13.8 Å². The number of hydrogen-bond acceptors (Lipinski definition) is 3. The van der Waals surface area contributed by atoms with Crippen LogP contribution >= 0.6 is 0 Å². The van der Waals surface area contributed by atoms with Crippen molar-refractivity contribution in [2.24, 2.45) is 5.92 Å². The van der Waals surface area contributed by atoms with Gasteiger partial charge in [0.25, 0.3) is 0 Å². The summed E-state index contributed by atoms with van der Waals surface area (Å²) in [5.41, 5.74) is -0.777. The first-order valence-electron chi connectivity index (χ1n) is 6.47. The first-order valence-corrected chi connectivity index (χ1v) is 6.47. The average Bonchev–Trinajstić information content (AvgIpc) is 2.36. The molecule has 0 bridgehead atoms. The van der Waals surface area contributed by atoms with Crippen molar-refractivity contribution in [3.63, 3.8) is 0 Å². The van der Waals surface area contributed by atoms with Crippen molar-refractivity contribution in [1.82, 2.24) is 0 Å². The Hall–Kier alpha value is -2.25. The summed E-state index contributed by atoms with van der Waals surface area (Å²) >= 11 is 0. The van der Waals surface area contributed by atoms with Crippen LogP contribution in [0.4, 0.5) is 23.7 Å². The Bertz CT molecular complexity index is 526. The standard InChI is InChI=1S/C14H16F3NO4/c1-8(2)7-11(12(19)20)22-13(21)18-10-5-3-9(4-6-10)14(15,16)17/h3-6,8,11H,7H2,1-2H3,(H,18,21)(H,19,20). The number of hydrogen-bond donors (Lipinski definition) is 2. The number of carboxylic acid groups (broad SMARTS) is 1. The summed E-state index contributed by atoms with van der Waals surface area (Å²) in [5, 5.41) is 11.1. The number of aliphatic carboxylic acids is 1. The fourth-order valence-electron chi connectivity index (χ4n) is 1.65. The fourth-order valence-corrected chi connectivity index (χ4v) is 1.65. The smallest absolute Gasteiger partial charge is 0.416 e. The third kappa shape index (κ3) is 5.63. The average molecular weight is 319 g/mol. The summed E-state index contributed by atoms with van der Waals surface area (Å²) in [5.74, 6) is -1.28. The zero-order chi connectivity index (χ0) is 16.9. The van der Waals surface area contributed by atoms with Crippen LogP contribution < -0.4 is 5.32 Å². The summed E-state index contributed by atoms with van der Waals surface area (Å²) in [6, 6.07) is 3.72. The number of nitrogens with one attached hydrogen (secondary N) is 1. The molecule has 0 spiro atoms. The van der Waals surface area contributed by atoms with Gasteiger partial charge in [-0.05, 0) is 36.6 Å². The highest BCUT2D eigenvalue weighted by Crippen LogP contribution is 2.29. The topological polar surface area (TPSA) is 75.6 Å². The molecule has 0 fully saturated rings. The van der Waals surface area contributed by atoms with Gasteiger partial charge in [0.15, 0.2) is 0 Å². The van der Waals surface area contributed by atoms with Crippen LogP contribution in [0, 0.1) is 5.92 Å². The summed E-state index contributed by atoms with van der Waals surface area (Å²) in [6.45, 7) is 3.54. The molecule has 122 valence electrons. The van der Waals surface area contributed by atoms with E-state index >= 15 is 0 Å². The Balaban J connectivity index is 2.66. The van der Waals surface area contributed by atoms with E-state index in [1.165, 1.54) is 0 Å². The van der Waals surface area contributed by atoms with Gasteiger partial charge in [0.05, 0.1) is 5.56 Å². The Morgan fingerprint density at radius 1 is 1.23 bits per heavy atom. The molecule has 2 N–H and O–H groups in total. The fraction of sp³-hybridized carbons (Fsp3) is 0.429. The van der Waals surface area contributed by atoms with E-state index in [9.17, 15) is 22.8 Å². The number of benzene rings is 1. The molecule has 22 heavy (non-hydrogen) atoms. The Morgan fingerprint density at radius 2 is 1.77 bits per heavy atom. The maximum Gasteiger partial charge on any atom is 0.416 e. The SMILES string of the molecule is CC(C)CC(OC(=O)Nc1ccc(C(F)(F)F)cc1)C(=O)O. The lowest BCUT2D eigenvalue weighted by atomic mass is 10.1. The molecule has 8 heteroatoms. The van der Waals surface area contributed by atoms with E-state index < -0.39 is 29.9 Å². The lowest BCUT2D eigenvalue weighted by molar-refractivity contribution is -0.147. The predicted octanol–water partition coefficient (Wildman–Crippen LogP) is 3.75. The van der Waals surface area contributed by atoms with Gasteiger partial charge in [-0.2, -0.15) is 13.2 Å². The number of carboxylic acids is 1. The highest BCUT2D eigenvalue weighted by atomic mass is 19.4. The largest absolute Gasteiger partial charge is 0.479 e. The first kappa shape index (κ1) is 17.8. The number of rotatable bonds is 5. The number of carbonyl (C=O) groups is 2. The van der Waals surface area contributed by atoms with Gasteiger partial charge in [0, 0.05) is 5.69 Å². The molecule has 0 aliphatic carbocycles. The minimum absolute atomic E-state index is 0.0000286. The normalized spacial score (nSPS) is 12.8. The number of alkyl halides is 3. The van der Waals surface area contributed by atoms with Gasteiger partial charge in [0.1, 0.15) is 0 Å². The summed E-state index contributed by atoms with van der Waals surface area (Å²) in [4.78, 5) is 22.5. The van der Waals surface area contributed by atoms with Gasteiger partial charge in [-0.15, -0.1) is 0 Å². The summed E-state index contributed by atoms with van der Waals surface area (Å²) < 4.78 is 41.9. The van der Waals surface area contributed by atoms with Crippen molar-refractivity contribution in [3.8, 4) is 0 Å². The van der Waals surface area contributed by atoms with Crippen LogP contribution in [0.3, 0.4) is 0 Å². The second-order valence-corrected chi connectivity index (χ2v) is 5.06. The van der Waals surface area contributed by atoms with Gasteiger partial charge in [-0.25, -0.2) is 9.59 Å². The second kappa shape index (κ2) is 7.15. The van der Waals surface area contributed by atoms with E-state index in [1.807, 2.05) is 0 Å². The zero-order valence-corrected chi connectivity index (χ0v) is 12.0. The number of ether oxygens (including phenoxy) is 1.